The quantitative estimate of drug-likeness (QED) is 0.906. The average Bonchev–Trinajstić information content (AvgIpc) is 2.71. The summed E-state index contributed by atoms with van der Waals surface area (Å²) < 4.78 is 6.01. The molecule has 3 rings (SSSR count). The summed E-state index contributed by atoms with van der Waals surface area (Å²) >= 11 is 0. The van der Waals surface area contributed by atoms with E-state index in [4.69, 9.17) is 9.84 Å². The van der Waals surface area contributed by atoms with Crippen molar-refractivity contribution in [3.63, 3.8) is 0 Å². The van der Waals surface area contributed by atoms with E-state index in [-0.39, 0.29) is 6.42 Å². The molecule has 0 aliphatic carbocycles. The Morgan fingerprint density at radius 3 is 2.76 bits per heavy atom. The summed E-state index contributed by atoms with van der Waals surface area (Å²) in [5, 5.41) is 9.03. The molecule has 2 aromatic carbocycles. The van der Waals surface area contributed by atoms with Crippen LogP contribution in [0.15, 0.2) is 48.5 Å². The van der Waals surface area contributed by atoms with Crippen LogP contribution < -0.4 is 4.74 Å². The van der Waals surface area contributed by atoms with Crippen molar-refractivity contribution >= 4 is 11.5 Å². The minimum atomic E-state index is -0.835. The SMILES string of the molecule is CN(C)CC/C=C1/c2ccccc2COc2cc(CC(=O)O)ccc21. The Bertz CT molecular complexity index is 809. The first kappa shape index (κ1) is 17.2. The molecule has 0 atom stereocenters. The molecule has 1 aliphatic heterocycles. The van der Waals surface area contributed by atoms with E-state index >= 15 is 0 Å². The fraction of sp³-hybridized carbons (Fsp3) is 0.286. The molecule has 0 saturated carbocycles. The highest BCUT2D eigenvalue weighted by atomic mass is 16.5. The van der Waals surface area contributed by atoms with Crippen LogP contribution in [0.25, 0.3) is 5.57 Å². The number of benzene rings is 2. The lowest BCUT2D eigenvalue weighted by Gasteiger charge is -2.13. The molecular weight excluding hydrogens is 314 g/mol. The second kappa shape index (κ2) is 7.53. The van der Waals surface area contributed by atoms with Crippen LogP contribution in [0, 0.1) is 0 Å². The number of aliphatic carboxylic acids is 1. The van der Waals surface area contributed by atoms with Gasteiger partial charge in [0.15, 0.2) is 0 Å². The van der Waals surface area contributed by atoms with Gasteiger partial charge < -0.3 is 14.7 Å². The maximum atomic E-state index is 11.0. The van der Waals surface area contributed by atoms with E-state index in [2.05, 4.69) is 37.2 Å². The molecule has 2 aromatic rings. The molecule has 0 unspecified atom stereocenters. The standard InChI is InChI=1S/C21H23NO3/c1-22(2)11-5-8-18-17-7-4-3-6-16(17)14-25-20-12-15(13-21(23)24)9-10-19(18)20/h3-4,6-10,12H,5,11,13-14H2,1-2H3,(H,23,24)/b18-8-. The van der Waals surface area contributed by atoms with Crippen LogP contribution in [0.5, 0.6) is 5.75 Å². The predicted octanol–water partition coefficient (Wildman–Crippen LogP) is 3.59. The number of carboxylic acids is 1. The highest BCUT2D eigenvalue weighted by molar-refractivity contribution is 5.85. The van der Waals surface area contributed by atoms with Crippen molar-refractivity contribution in [3.8, 4) is 5.75 Å². The zero-order valence-corrected chi connectivity index (χ0v) is 14.7. The van der Waals surface area contributed by atoms with Gasteiger partial charge in [0.1, 0.15) is 12.4 Å². The number of fused-ring (bicyclic) bond motifs is 2. The smallest absolute Gasteiger partial charge is 0.307 e. The number of ether oxygens (including phenoxy) is 1. The highest BCUT2D eigenvalue weighted by Gasteiger charge is 2.19. The fourth-order valence-corrected chi connectivity index (χ4v) is 3.09. The topological polar surface area (TPSA) is 49.8 Å². The Labute approximate surface area is 148 Å². The summed E-state index contributed by atoms with van der Waals surface area (Å²) in [6.07, 6.45) is 3.19. The van der Waals surface area contributed by atoms with Crippen LogP contribution in [0.3, 0.4) is 0 Å². The summed E-state index contributed by atoms with van der Waals surface area (Å²) in [6, 6.07) is 14.0. The average molecular weight is 337 g/mol. The predicted molar refractivity (Wildman–Crippen MR) is 98.8 cm³/mol. The van der Waals surface area contributed by atoms with Crippen LogP contribution in [-0.4, -0.2) is 36.6 Å². The molecule has 4 heteroatoms. The Hall–Kier alpha value is -2.59. The molecule has 0 aromatic heterocycles. The molecule has 0 spiro atoms. The van der Waals surface area contributed by atoms with E-state index in [0.717, 1.165) is 41.0 Å². The Balaban J connectivity index is 2.04. The van der Waals surface area contributed by atoms with Gasteiger partial charge in [0, 0.05) is 12.1 Å². The van der Waals surface area contributed by atoms with Gasteiger partial charge in [-0.05, 0) is 48.8 Å². The Kier molecular flexibility index (Phi) is 5.19. The van der Waals surface area contributed by atoms with E-state index in [0.29, 0.717) is 6.61 Å². The van der Waals surface area contributed by atoms with Gasteiger partial charge in [-0.15, -0.1) is 0 Å². The van der Waals surface area contributed by atoms with Crippen LogP contribution in [0.2, 0.25) is 0 Å². The van der Waals surface area contributed by atoms with Crippen LogP contribution in [0.4, 0.5) is 0 Å². The van der Waals surface area contributed by atoms with Gasteiger partial charge in [0.05, 0.1) is 6.42 Å². The highest BCUT2D eigenvalue weighted by Crippen LogP contribution is 2.37. The first-order valence-corrected chi connectivity index (χ1v) is 8.45. The van der Waals surface area contributed by atoms with Crippen molar-refractivity contribution < 1.29 is 14.6 Å². The molecule has 0 radical (unpaired) electrons. The molecule has 1 heterocycles. The molecule has 130 valence electrons. The van der Waals surface area contributed by atoms with E-state index in [1.54, 1.807) is 0 Å². The lowest BCUT2D eigenvalue weighted by molar-refractivity contribution is -0.136. The summed E-state index contributed by atoms with van der Waals surface area (Å²) in [4.78, 5) is 13.2. The third-order valence-electron chi connectivity index (χ3n) is 4.31. The molecule has 4 nitrogen and oxygen atoms in total. The summed E-state index contributed by atoms with van der Waals surface area (Å²) in [5.74, 6) is -0.0790. The lowest BCUT2D eigenvalue weighted by atomic mass is 9.92. The van der Waals surface area contributed by atoms with E-state index in [1.807, 2.05) is 30.3 Å². The van der Waals surface area contributed by atoms with Crippen molar-refractivity contribution in [3.05, 3.63) is 70.8 Å². The van der Waals surface area contributed by atoms with Crippen molar-refractivity contribution in [1.82, 2.24) is 4.90 Å². The Morgan fingerprint density at radius 1 is 1.20 bits per heavy atom. The summed E-state index contributed by atoms with van der Waals surface area (Å²) in [6.45, 7) is 1.46. The number of nitrogens with zero attached hydrogens (tertiary/aromatic N) is 1. The molecule has 0 amide bonds. The molecule has 0 bridgehead atoms. The number of rotatable bonds is 5. The Morgan fingerprint density at radius 2 is 2.00 bits per heavy atom. The monoisotopic (exact) mass is 337 g/mol. The lowest BCUT2D eigenvalue weighted by Crippen LogP contribution is -2.12. The number of carbonyl (C=O) groups is 1. The molecule has 1 aliphatic rings. The van der Waals surface area contributed by atoms with Gasteiger partial charge in [0.25, 0.3) is 0 Å². The van der Waals surface area contributed by atoms with Gasteiger partial charge in [-0.3, -0.25) is 4.79 Å². The van der Waals surface area contributed by atoms with E-state index in [9.17, 15) is 4.79 Å². The summed E-state index contributed by atoms with van der Waals surface area (Å²) in [5.41, 5.74) is 5.27. The first-order chi connectivity index (χ1) is 12.0. The van der Waals surface area contributed by atoms with Gasteiger partial charge in [0.2, 0.25) is 0 Å². The second-order valence-corrected chi connectivity index (χ2v) is 6.56. The fourth-order valence-electron chi connectivity index (χ4n) is 3.09. The van der Waals surface area contributed by atoms with Crippen LogP contribution in [0.1, 0.15) is 28.7 Å². The molecule has 0 fully saturated rings. The molecule has 1 N–H and O–H groups in total. The van der Waals surface area contributed by atoms with Crippen molar-refractivity contribution in [2.24, 2.45) is 0 Å². The maximum absolute atomic E-state index is 11.0. The minimum absolute atomic E-state index is 0.00324. The number of hydrogen-bond acceptors (Lipinski definition) is 3. The third kappa shape index (κ3) is 4.09. The van der Waals surface area contributed by atoms with Crippen LogP contribution >= 0.6 is 0 Å². The minimum Gasteiger partial charge on any atom is -0.488 e. The second-order valence-electron chi connectivity index (χ2n) is 6.56. The summed E-state index contributed by atoms with van der Waals surface area (Å²) in [7, 11) is 4.13. The molecule has 0 saturated heterocycles. The zero-order chi connectivity index (χ0) is 17.8. The third-order valence-corrected chi connectivity index (χ3v) is 4.31. The first-order valence-electron chi connectivity index (χ1n) is 8.45. The van der Waals surface area contributed by atoms with Gasteiger partial charge >= 0.3 is 5.97 Å². The van der Waals surface area contributed by atoms with Gasteiger partial charge in [-0.2, -0.15) is 0 Å². The maximum Gasteiger partial charge on any atom is 0.307 e. The van der Waals surface area contributed by atoms with E-state index in [1.165, 1.54) is 5.56 Å². The van der Waals surface area contributed by atoms with Gasteiger partial charge in [-0.25, -0.2) is 0 Å². The normalized spacial score (nSPS) is 14.6. The molecule has 25 heavy (non-hydrogen) atoms. The van der Waals surface area contributed by atoms with Crippen LogP contribution in [-0.2, 0) is 17.8 Å². The van der Waals surface area contributed by atoms with Crippen molar-refractivity contribution in [1.29, 1.82) is 0 Å². The van der Waals surface area contributed by atoms with Crippen molar-refractivity contribution in [2.75, 3.05) is 20.6 Å². The number of hydrogen-bond donors (Lipinski definition) is 1. The molecular formula is C21H23NO3. The number of carboxylic acid groups (broad SMARTS) is 1. The largest absolute Gasteiger partial charge is 0.488 e. The van der Waals surface area contributed by atoms with Gasteiger partial charge in [-0.1, -0.05) is 42.5 Å². The van der Waals surface area contributed by atoms with Crippen molar-refractivity contribution in [2.45, 2.75) is 19.4 Å². The van der Waals surface area contributed by atoms with E-state index < -0.39 is 5.97 Å². The zero-order valence-electron chi connectivity index (χ0n) is 14.7.